The third kappa shape index (κ3) is 6.02. The fourth-order valence-corrected chi connectivity index (χ4v) is 4.50. The monoisotopic (exact) mass is 528 g/mol. The molecule has 39 heavy (non-hydrogen) atoms. The largest absolute Gasteiger partial charge is 0.493 e. The third-order valence-electron chi connectivity index (χ3n) is 6.62. The molecule has 1 amide bonds. The number of rotatable bonds is 9. The van der Waals surface area contributed by atoms with Crippen LogP contribution in [0.3, 0.4) is 0 Å². The lowest BCUT2D eigenvalue weighted by atomic mass is 10.1. The topological polar surface area (TPSA) is 133 Å². The second kappa shape index (κ2) is 12.0. The molecule has 4 aromatic rings. The van der Waals surface area contributed by atoms with E-state index in [4.69, 9.17) is 19.9 Å². The summed E-state index contributed by atoms with van der Waals surface area (Å²) in [6, 6.07) is 18.1. The van der Waals surface area contributed by atoms with Crippen molar-refractivity contribution in [3.05, 3.63) is 72.6 Å². The molecule has 0 bridgehead atoms. The van der Waals surface area contributed by atoms with Gasteiger partial charge < -0.3 is 35.9 Å². The average molecular weight is 529 g/mol. The first-order valence-electron chi connectivity index (χ1n) is 12.9. The third-order valence-corrected chi connectivity index (χ3v) is 6.62. The van der Waals surface area contributed by atoms with Crippen molar-refractivity contribution in [2.24, 2.45) is 0 Å². The Morgan fingerprint density at radius 1 is 1.15 bits per heavy atom. The van der Waals surface area contributed by atoms with E-state index in [0.717, 1.165) is 24.0 Å². The summed E-state index contributed by atoms with van der Waals surface area (Å²) < 4.78 is 17.7. The lowest BCUT2D eigenvalue weighted by Crippen LogP contribution is -2.50. The van der Waals surface area contributed by atoms with E-state index in [-0.39, 0.29) is 18.1 Å². The smallest absolute Gasteiger partial charge is 0.255 e. The number of nitrogens with one attached hydrogen (secondary N) is 3. The van der Waals surface area contributed by atoms with Crippen molar-refractivity contribution >= 4 is 39.7 Å². The van der Waals surface area contributed by atoms with Gasteiger partial charge in [-0.3, -0.25) is 4.79 Å². The number of carbonyl (C=O) groups excluding carboxylic acids is 1. The van der Waals surface area contributed by atoms with Gasteiger partial charge in [-0.15, -0.1) is 0 Å². The number of morpholine rings is 1. The fraction of sp³-hybridized carbons (Fsp3) is 0.276. The molecule has 5 rings (SSSR count). The zero-order chi connectivity index (χ0) is 27.2. The second-order valence-electron chi connectivity index (χ2n) is 9.19. The Morgan fingerprint density at radius 2 is 1.97 bits per heavy atom. The molecule has 3 aromatic carbocycles. The van der Waals surface area contributed by atoms with E-state index >= 15 is 0 Å². The number of ether oxygens (including phenoxy) is 3. The highest BCUT2D eigenvalue weighted by Gasteiger charge is 2.25. The minimum absolute atomic E-state index is 0.0859. The Hall–Kier alpha value is -4.41. The summed E-state index contributed by atoms with van der Waals surface area (Å²) in [4.78, 5) is 21.6. The van der Waals surface area contributed by atoms with Gasteiger partial charge in [0.25, 0.3) is 5.91 Å². The number of nitrogens with zero attached hydrogens (tertiary/aromatic N) is 2. The molecule has 202 valence electrons. The maximum Gasteiger partial charge on any atom is 0.255 e. The first kappa shape index (κ1) is 26.2. The van der Waals surface area contributed by atoms with Gasteiger partial charge >= 0.3 is 0 Å². The van der Waals surface area contributed by atoms with Crippen molar-refractivity contribution in [1.82, 2.24) is 15.3 Å². The molecule has 2 unspecified atom stereocenters. The Morgan fingerprint density at radius 3 is 2.69 bits per heavy atom. The standard InChI is InChI=1S/C29H32N6O4/c1-3-25(24-16-38-13-12-31-24)39-27-14-20-23(15-26(27)37-2)32-17-33-28(20)34-19-10-8-18(9-11-19)29(36)35-22-7-5-4-6-21(22)30/h4-11,14-15,17,24-25,31H,3,12-13,16,30H2,1-2H3,(H,35,36)(H,32,33,34). The highest BCUT2D eigenvalue weighted by atomic mass is 16.5. The van der Waals surface area contributed by atoms with Crippen molar-refractivity contribution in [1.29, 1.82) is 0 Å². The predicted molar refractivity (Wildman–Crippen MR) is 152 cm³/mol. The van der Waals surface area contributed by atoms with Gasteiger partial charge in [-0.25, -0.2) is 9.97 Å². The molecule has 1 fully saturated rings. The predicted octanol–water partition coefficient (Wildman–Crippen LogP) is 4.36. The summed E-state index contributed by atoms with van der Waals surface area (Å²) in [5.74, 6) is 1.56. The van der Waals surface area contributed by atoms with Crippen LogP contribution in [0.15, 0.2) is 67.0 Å². The molecule has 0 spiro atoms. The minimum atomic E-state index is -0.246. The molecule has 10 nitrogen and oxygen atoms in total. The quantitative estimate of drug-likeness (QED) is 0.234. The number of methoxy groups -OCH3 is 1. The molecule has 2 atom stereocenters. The maximum atomic E-state index is 12.7. The zero-order valence-electron chi connectivity index (χ0n) is 21.9. The van der Waals surface area contributed by atoms with E-state index in [1.54, 1.807) is 31.4 Å². The van der Waals surface area contributed by atoms with Crippen molar-refractivity contribution in [2.75, 3.05) is 43.2 Å². The van der Waals surface area contributed by atoms with Crippen molar-refractivity contribution in [2.45, 2.75) is 25.5 Å². The Balaban J connectivity index is 1.36. The van der Waals surface area contributed by atoms with Gasteiger partial charge in [-0.1, -0.05) is 19.1 Å². The molecule has 0 radical (unpaired) electrons. The molecule has 1 aliphatic rings. The van der Waals surface area contributed by atoms with E-state index in [2.05, 4.69) is 32.8 Å². The van der Waals surface area contributed by atoms with Gasteiger partial charge in [0.05, 0.1) is 43.3 Å². The summed E-state index contributed by atoms with van der Waals surface area (Å²) in [6.07, 6.45) is 2.20. The number of nitrogens with two attached hydrogens (primary N) is 1. The van der Waals surface area contributed by atoms with Gasteiger partial charge in [0, 0.05) is 29.2 Å². The van der Waals surface area contributed by atoms with E-state index in [1.807, 2.05) is 36.4 Å². The van der Waals surface area contributed by atoms with E-state index in [0.29, 0.717) is 53.0 Å². The molecular weight excluding hydrogens is 496 g/mol. The molecule has 0 saturated carbocycles. The van der Waals surface area contributed by atoms with Crippen molar-refractivity contribution < 1.29 is 19.0 Å². The maximum absolute atomic E-state index is 12.7. The van der Waals surface area contributed by atoms with Crippen LogP contribution in [0.2, 0.25) is 0 Å². The van der Waals surface area contributed by atoms with Crippen LogP contribution >= 0.6 is 0 Å². The Labute approximate surface area is 226 Å². The van der Waals surface area contributed by atoms with E-state index in [1.165, 1.54) is 6.33 Å². The van der Waals surface area contributed by atoms with Gasteiger partial charge in [-0.05, 0) is 48.9 Å². The molecule has 1 aliphatic heterocycles. The zero-order valence-corrected chi connectivity index (χ0v) is 21.9. The van der Waals surface area contributed by atoms with Crippen LogP contribution in [0, 0.1) is 0 Å². The minimum Gasteiger partial charge on any atom is -0.493 e. The molecule has 10 heteroatoms. The number of hydrogen-bond acceptors (Lipinski definition) is 9. The van der Waals surface area contributed by atoms with E-state index < -0.39 is 0 Å². The van der Waals surface area contributed by atoms with Gasteiger partial charge in [0.15, 0.2) is 11.5 Å². The number of para-hydroxylation sites is 2. The van der Waals surface area contributed by atoms with Crippen molar-refractivity contribution in [3.63, 3.8) is 0 Å². The number of carbonyl (C=O) groups is 1. The molecule has 5 N–H and O–H groups in total. The number of nitrogen functional groups attached to an aromatic ring is 1. The Kier molecular flexibility index (Phi) is 8.04. The first-order chi connectivity index (χ1) is 19.1. The van der Waals surface area contributed by atoms with Crippen molar-refractivity contribution in [3.8, 4) is 11.5 Å². The number of anilines is 4. The lowest BCUT2D eigenvalue weighted by Gasteiger charge is -2.31. The summed E-state index contributed by atoms with van der Waals surface area (Å²) >= 11 is 0. The van der Waals surface area contributed by atoms with Crippen LogP contribution in [-0.4, -0.2) is 54.9 Å². The van der Waals surface area contributed by atoms with Crippen LogP contribution in [0.25, 0.3) is 10.9 Å². The SMILES string of the molecule is CCC(Oc1cc2c(Nc3ccc(C(=O)Nc4ccccc4N)cc3)ncnc2cc1OC)C1COCCN1. The normalized spacial score (nSPS) is 15.9. The molecular formula is C29H32N6O4. The van der Waals surface area contributed by atoms with Crippen LogP contribution in [0.4, 0.5) is 22.9 Å². The van der Waals surface area contributed by atoms with Crippen LogP contribution in [0.1, 0.15) is 23.7 Å². The highest BCUT2D eigenvalue weighted by Crippen LogP contribution is 2.36. The number of hydrogen-bond donors (Lipinski definition) is 4. The average Bonchev–Trinajstić information content (AvgIpc) is 2.97. The van der Waals surface area contributed by atoms with Gasteiger partial charge in [0.2, 0.25) is 0 Å². The van der Waals surface area contributed by atoms with Gasteiger partial charge in [-0.2, -0.15) is 0 Å². The van der Waals surface area contributed by atoms with Crippen LogP contribution in [-0.2, 0) is 4.74 Å². The molecule has 1 saturated heterocycles. The summed E-state index contributed by atoms with van der Waals surface area (Å²) in [7, 11) is 1.61. The number of aromatic nitrogens is 2. The number of amides is 1. The number of fused-ring (bicyclic) bond motifs is 1. The molecule has 1 aromatic heterocycles. The van der Waals surface area contributed by atoms with Gasteiger partial charge in [0.1, 0.15) is 18.2 Å². The summed E-state index contributed by atoms with van der Waals surface area (Å²) in [6.45, 7) is 4.17. The molecule has 2 heterocycles. The Bertz CT molecular complexity index is 1440. The number of benzene rings is 3. The lowest BCUT2D eigenvalue weighted by molar-refractivity contribution is 0.0259. The van der Waals surface area contributed by atoms with E-state index in [9.17, 15) is 4.79 Å². The molecule has 0 aliphatic carbocycles. The highest BCUT2D eigenvalue weighted by molar-refractivity contribution is 6.06. The van der Waals surface area contributed by atoms with Crippen LogP contribution < -0.4 is 31.2 Å². The van der Waals surface area contributed by atoms with Crippen LogP contribution in [0.5, 0.6) is 11.5 Å². The summed E-state index contributed by atoms with van der Waals surface area (Å²) in [5, 5.41) is 10.4. The first-order valence-corrected chi connectivity index (χ1v) is 12.9. The summed E-state index contributed by atoms with van der Waals surface area (Å²) in [5.41, 5.74) is 9.00. The fourth-order valence-electron chi connectivity index (χ4n) is 4.50. The second-order valence-corrected chi connectivity index (χ2v) is 9.19.